The summed E-state index contributed by atoms with van der Waals surface area (Å²) in [5.41, 5.74) is 0. The Morgan fingerprint density at radius 1 is 1.14 bits per heavy atom. The van der Waals surface area contributed by atoms with Gasteiger partial charge in [-0.05, 0) is 44.6 Å². The maximum atomic E-state index is 12.7. The molecule has 120 valence electrons. The molecule has 2 fully saturated rings. The molecule has 0 bridgehead atoms. The van der Waals surface area contributed by atoms with E-state index in [1.165, 1.54) is 0 Å². The summed E-state index contributed by atoms with van der Waals surface area (Å²) in [4.78, 5) is 29.1. The van der Waals surface area contributed by atoms with Crippen molar-refractivity contribution in [3.05, 3.63) is 0 Å². The molecule has 5 nitrogen and oxygen atoms in total. The van der Waals surface area contributed by atoms with Crippen molar-refractivity contribution in [1.82, 2.24) is 15.1 Å². The van der Waals surface area contributed by atoms with Crippen LogP contribution in [-0.4, -0.2) is 60.4 Å². The maximum Gasteiger partial charge on any atom is 0.239 e. The number of nitrogens with zero attached hydrogens (tertiary/aromatic N) is 2. The van der Waals surface area contributed by atoms with Gasteiger partial charge < -0.3 is 10.2 Å². The largest absolute Gasteiger partial charge is 0.358 e. The van der Waals surface area contributed by atoms with Gasteiger partial charge in [0.1, 0.15) is 0 Å². The van der Waals surface area contributed by atoms with Crippen molar-refractivity contribution in [3.63, 3.8) is 0 Å². The smallest absolute Gasteiger partial charge is 0.239 e. The van der Waals surface area contributed by atoms with E-state index in [0.29, 0.717) is 5.92 Å². The lowest BCUT2D eigenvalue weighted by Gasteiger charge is -2.34. The summed E-state index contributed by atoms with van der Waals surface area (Å²) in [7, 11) is 1.68. The second kappa shape index (κ2) is 7.25. The van der Waals surface area contributed by atoms with Gasteiger partial charge in [-0.2, -0.15) is 0 Å². The van der Waals surface area contributed by atoms with Crippen LogP contribution in [0.5, 0.6) is 0 Å². The first-order chi connectivity index (χ1) is 10.0. The molecule has 0 saturated carbocycles. The van der Waals surface area contributed by atoms with E-state index in [9.17, 15) is 9.59 Å². The van der Waals surface area contributed by atoms with E-state index in [-0.39, 0.29) is 23.9 Å². The second-order valence-electron chi connectivity index (χ2n) is 6.69. The fourth-order valence-corrected chi connectivity index (χ4v) is 3.58. The van der Waals surface area contributed by atoms with Gasteiger partial charge in [-0.25, -0.2) is 0 Å². The molecular formula is C16H29N3O2. The lowest BCUT2D eigenvalue weighted by Crippen LogP contribution is -2.53. The molecule has 2 heterocycles. The summed E-state index contributed by atoms with van der Waals surface area (Å²) in [6.45, 7) is 6.89. The normalized spacial score (nSPS) is 24.6. The van der Waals surface area contributed by atoms with E-state index in [1.807, 2.05) is 4.90 Å². The lowest BCUT2D eigenvalue weighted by atomic mass is 10.0. The van der Waals surface area contributed by atoms with Gasteiger partial charge in [0.25, 0.3) is 0 Å². The monoisotopic (exact) mass is 295 g/mol. The molecule has 2 aliphatic heterocycles. The molecule has 1 N–H and O–H groups in total. The maximum absolute atomic E-state index is 12.7. The molecule has 0 unspecified atom stereocenters. The summed E-state index contributed by atoms with van der Waals surface area (Å²) in [5.74, 6) is 0.725. The first kappa shape index (κ1) is 16.3. The molecule has 21 heavy (non-hydrogen) atoms. The van der Waals surface area contributed by atoms with Gasteiger partial charge in [0, 0.05) is 20.1 Å². The molecular weight excluding hydrogens is 266 g/mol. The number of amides is 2. The molecule has 5 heteroatoms. The third kappa shape index (κ3) is 3.76. The zero-order valence-corrected chi connectivity index (χ0v) is 13.6. The Labute approximate surface area is 128 Å². The summed E-state index contributed by atoms with van der Waals surface area (Å²) >= 11 is 0. The summed E-state index contributed by atoms with van der Waals surface area (Å²) in [6.07, 6.45) is 4.94. The molecule has 2 aliphatic rings. The SMILES string of the molecule is CNC(=O)[C@@H](CC(C)C)N1CCC[C@H]1C(=O)N1CCCC1. The zero-order chi connectivity index (χ0) is 15.4. The van der Waals surface area contributed by atoms with Gasteiger partial charge in [0.05, 0.1) is 12.1 Å². The predicted molar refractivity (Wildman–Crippen MR) is 82.9 cm³/mol. The molecule has 2 rings (SSSR count). The molecule has 0 aromatic rings. The number of hydrogen-bond donors (Lipinski definition) is 1. The average Bonchev–Trinajstić information content (AvgIpc) is 3.13. The molecule has 2 amide bonds. The van der Waals surface area contributed by atoms with Crippen LogP contribution in [0, 0.1) is 5.92 Å². The van der Waals surface area contributed by atoms with Gasteiger partial charge in [-0.1, -0.05) is 13.8 Å². The highest BCUT2D eigenvalue weighted by atomic mass is 16.2. The number of carbonyl (C=O) groups is 2. The molecule has 0 spiro atoms. The fourth-order valence-electron chi connectivity index (χ4n) is 3.58. The van der Waals surface area contributed by atoms with Crippen molar-refractivity contribution in [2.24, 2.45) is 5.92 Å². The van der Waals surface area contributed by atoms with Crippen LogP contribution in [0.2, 0.25) is 0 Å². The second-order valence-corrected chi connectivity index (χ2v) is 6.69. The average molecular weight is 295 g/mol. The minimum absolute atomic E-state index is 0.0461. The minimum atomic E-state index is -0.172. The van der Waals surface area contributed by atoms with E-state index in [0.717, 1.165) is 51.7 Å². The van der Waals surface area contributed by atoms with Crippen LogP contribution in [0.3, 0.4) is 0 Å². The van der Waals surface area contributed by atoms with Crippen molar-refractivity contribution < 1.29 is 9.59 Å². The van der Waals surface area contributed by atoms with E-state index in [2.05, 4.69) is 24.1 Å². The van der Waals surface area contributed by atoms with Crippen LogP contribution in [-0.2, 0) is 9.59 Å². The van der Waals surface area contributed by atoms with E-state index >= 15 is 0 Å². The zero-order valence-electron chi connectivity index (χ0n) is 13.6. The number of nitrogens with one attached hydrogen (secondary N) is 1. The number of likely N-dealkylation sites (tertiary alicyclic amines) is 2. The Hall–Kier alpha value is -1.10. The van der Waals surface area contributed by atoms with Crippen LogP contribution < -0.4 is 5.32 Å². The third-order valence-electron chi connectivity index (χ3n) is 4.64. The molecule has 2 saturated heterocycles. The van der Waals surface area contributed by atoms with Crippen molar-refractivity contribution in [2.45, 2.75) is 58.0 Å². The Morgan fingerprint density at radius 3 is 2.38 bits per heavy atom. The molecule has 2 atom stereocenters. The highest BCUT2D eigenvalue weighted by Crippen LogP contribution is 2.26. The standard InChI is InChI=1S/C16H29N3O2/c1-12(2)11-14(15(20)17-3)19-10-6-7-13(19)16(21)18-8-4-5-9-18/h12-14H,4-11H2,1-3H3,(H,17,20)/t13-,14+/m0/s1. The van der Waals surface area contributed by atoms with Crippen molar-refractivity contribution >= 4 is 11.8 Å². The number of carbonyl (C=O) groups excluding carboxylic acids is 2. The van der Waals surface area contributed by atoms with Crippen LogP contribution in [0.1, 0.15) is 46.0 Å². The summed E-state index contributed by atoms with van der Waals surface area (Å²) < 4.78 is 0. The minimum Gasteiger partial charge on any atom is -0.358 e. The van der Waals surface area contributed by atoms with Crippen LogP contribution in [0.15, 0.2) is 0 Å². The van der Waals surface area contributed by atoms with E-state index in [1.54, 1.807) is 7.05 Å². The number of hydrogen-bond acceptors (Lipinski definition) is 3. The first-order valence-corrected chi connectivity index (χ1v) is 8.30. The number of rotatable bonds is 5. The van der Waals surface area contributed by atoms with E-state index in [4.69, 9.17) is 0 Å². The van der Waals surface area contributed by atoms with E-state index < -0.39 is 0 Å². The van der Waals surface area contributed by atoms with Crippen LogP contribution in [0.25, 0.3) is 0 Å². The quantitative estimate of drug-likeness (QED) is 0.830. The number of likely N-dealkylation sites (N-methyl/N-ethyl adjacent to an activating group) is 1. The van der Waals surface area contributed by atoms with Gasteiger partial charge in [0.2, 0.25) is 11.8 Å². The summed E-state index contributed by atoms with van der Waals surface area (Å²) in [5, 5.41) is 2.77. The van der Waals surface area contributed by atoms with Gasteiger partial charge in [-0.3, -0.25) is 14.5 Å². The Balaban J connectivity index is 2.10. The van der Waals surface area contributed by atoms with Gasteiger partial charge in [-0.15, -0.1) is 0 Å². The lowest BCUT2D eigenvalue weighted by molar-refractivity contribution is -0.138. The topological polar surface area (TPSA) is 52.7 Å². The van der Waals surface area contributed by atoms with Gasteiger partial charge in [0.15, 0.2) is 0 Å². The van der Waals surface area contributed by atoms with Crippen molar-refractivity contribution in [2.75, 3.05) is 26.7 Å². The van der Waals surface area contributed by atoms with Crippen molar-refractivity contribution in [1.29, 1.82) is 0 Å². The Bertz CT molecular complexity index is 378. The molecule has 0 aromatic heterocycles. The predicted octanol–water partition coefficient (Wildman–Crippen LogP) is 1.23. The summed E-state index contributed by atoms with van der Waals surface area (Å²) in [6, 6.07) is -0.266. The molecule has 0 aliphatic carbocycles. The van der Waals surface area contributed by atoms with Crippen LogP contribution >= 0.6 is 0 Å². The van der Waals surface area contributed by atoms with Crippen molar-refractivity contribution in [3.8, 4) is 0 Å². The Morgan fingerprint density at radius 2 is 1.81 bits per heavy atom. The molecule has 0 aromatic carbocycles. The highest BCUT2D eigenvalue weighted by Gasteiger charge is 2.40. The van der Waals surface area contributed by atoms with Crippen LogP contribution in [0.4, 0.5) is 0 Å². The third-order valence-corrected chi connectivity index (χ3v) is 4.64. The first-order valence-electron chi connectivity index (χ1n) is 8.30. The van der Waals surface area contributed by atoms with Gasteiger partial charge >= 0.3 is 0 Å². The Kier molecular flexibility index (Phi) is 5.62. The highest BCUT2D eigenvalue weighted by molar-refractivity contribution is 5.85. The molecule has 0 radical (unpaired) electrons. The fraction of sp³-hybridized carbons (Fsp3) is 0.875.